The highest BCUT2D eigenvalue weighted by Gasteiger charge is 2.15. The van der Waals surface area contributed by atoms with Gasteiger partial charge in [0.05, 0.1) is 5.56 Å². The molecule has 28 heavy (non-hydrogen) atoms. The molecule has 0 fully saturated rings. The summed E-state index contributed by atoms with van der Waals surface area (Å²) in [5, 5.41) is 12.0. The van der Waals surface area contributed by atoms with Crippen LogP contribution in [0.15, 0.2) is 79.0 Å². The molecule has 1 heterocycles. The van der Waals surface area contributed by atoms with Crippen LogP contribution in [0.3, 0.4) is 0 Å². The maximum absolute atomic E-state index is 12.5. The summed E-state index contributed by atoms with van der Waals surface area (Å²) < 4.78 is 0. The predicted molar refractivity (Wildman–Crippen MR) is 107 cm³/mol. The zero-order chi connectivity index (χ0) is 19.8. The lowest BCUT2D eigenvalue weighted by atomic mass is 9.92. The Morgan fingerprint density at radius 3 is 2.00 bits per heavy atom. The molecule has 0 aliphatic heterocycles. The third-order valence-electron chi connectivity index (χ3n) is 4.53. The third kappa shape index (κ3) is 5.51. The monoisotopic (exact) mass is 374 g/mol. The molecule has 0 radical (unpaired) electrons. The van der Waals surface area contributed by atoms with Crippen molar-refractivity contribution in [3.8, 4) is 0 Å². The fraction of sp³-hybridized carbons (Fsp3) is 0.174. The van der Waals surface area contributed by atoms with Gasteiger partial charge >= 0.3 is 5.97 Å². The summed E-state index contributed by atoms with van der Waals surface area (Å²) in [5.74, 6) is -1.24. The number of hydrogen-bond donors (Lipinski definition) is 2. The molecule has 0 saturated heterocycles. The molecule has 0 spiro atoms. The molecule has 0 aliphatic carbocycles. The van der Waals surface area contributed by atoms with E-state index in [4.69, 9.17) is 5.11 Å². The van der Waals surface area contributed by atoms with Crippen molar-refractivity contribution in [3.63, 3.8) is 0 Å². The van der Waals surface area contributed by atoms with Gasteiger partial charge in [0, 0.05) is 12.7 Å². The minimum absolute atomic E-state index is 0.0465. The number of carboxylic acid groups (broad SMARTS) is 1. The molecule has 2 N–H and O–H groups in total. The van der Waals surface area contributed by atoms with Gasteiger partial charge in [0.25, 0.3) is 5.91 Å². The van der Waals surface area contributed by atoms with E-state index in [1.54, 1.807) is 0 Å². The second-order valence-electron chi connectivity index (χ2n) is 6.69. The number of nitrogens with zero attached hydrogens (tertiary/aromatic N) is 1. The Kier molecular flexibility index (Phi) is 6.52. The minimum atomic E-state index is -1.08. The number of carboxylic acids is 1. The molecule has 0 saturated carbocycles. The average Bonchev–Trinajstić information content (AvgIpc) is 2.73. The zero-order valence-corrected chi connectivity index (χ0v) is 15.4. The molecule has 0 aliphatic rings. The van der Waals surface area contributed by atoms with Crippen LogP contribution in [0.1, 0.15) is 32.0 Å². The van der Waals surface area contributed by atoms with E-state index in [0.717, 1.165) is 12.8 Å². The number of carbonyl (C=O) groups excluding carboxylic acids is 1. The van der Waals surface area contributed by atoms with E-state index in [9.17, 15) is 9.59 Å². The van der Waals surface area contributed by atoms with Gasteiger partial charge in [-0.25, -0.2) is 4.79 Å². The Balaban J connectivity index is 1.69. The van der Waals surface area contributed by atoms with E-state index in [2.05, 4.69) is 34.6 Å². The highest BCUT2D eigenvalue weighted by atomic mass is 16.4. The second kappa shape index (κ2) is 9.46. The van der Waals surface area contributed by atoms with Crippen molar-refractivity contribution in [2.75, 3.05) is 6.54 Å². The Morgan fingerprint density at radius 1 is 0.893 bits per heavy atom. The van der Waals surface area contributed by atoms with Gasteiger partial charge in [-0.15, -0.1) is 0 Å². The first-order chi connectivity index (χ1) is 13.6. The predicted octanol–water partition coefficient (Wildman–Crippen LogP) is 3.61. The Labute approximate surface area is 164 Å². The van der Waals surface area contributed by atoms with Crippen LogP contribution in [0, 0.1) is 5.92 Å². The normalized spacial score (nSPS) is 10.6. The summed E-state index contributed by atoms with van der Waals surface area (Å²) in [6.07, 6.45) is 3.00. The standard InChI is InChI=1S/C23H22N2O3/c26-22(21-15-20(23(27)28)11-12-24-21)25-16-19(13-17-7-3-1-4-8-17)14-18-9-5-2-6-10-18/h1-12,15,19H,13-14,16H2,(H,25,26)(H,27,28). The van der Waals surface area contributed by atoms with Crippen LogP contribution in [0.2, 0.25) is 0 Å². The Bertz CT molecular complexity index is 885. The number of pyridine rings is 1. The van der Waals surface area contributed by atoms with Gasteiger partial charge in [-0.1, -0.05) is 60.7 Å². The maximum Gasteiger partial charge on any atom is 0.335 e. The largest absolute Gasteiger partial charge is 0.478 e. The fourth-order valence-electron chi connectivity index (χ4n) is 3.13. The number of aromatic carboxylic acids is 1. The average molecular weight is 374 g/mol. The van der Waals surface area contributed by atoms with Crippen LogP contribution in [0.25, 0.3) is 0 Å². The van der Waals surface area contributed by atoms with Crippen molar-refractivity contribution in [1.82, 2.24) is 10.3 Å². The van der Waals surface area contributed by atoms with Gasteiger partial charge < -0.3 is 10.4 Å². The highest BCUT2D eigenvalue weighted by Crippen LogP contribution is 2.15. The van der Waals surface area contributed by atoms with E-state index >= 15 is 0 Å². The first-order valence-electron chi connectivity index (χ1n) is 9.17. The number of nitrogens with one attached hydrogen (secondary N) is 1. The van der Waals surface area contributed by atoms with Crippen LogP contribution in [0.4, 0.5) is 0 Å². The van der Waals surface area contributed by atoms with Crippen LogP contribution in [0.5, 0.6) is 0 Å². The molecule has 3 rings (SSSR count). The molecule has 142 valence electrons. The van der Waals surface area contributed by atoms with Crippen molar-refractivity contribution < 1.29 is 14.7 Å². The van der Waals surface area contributed by atoms with E-state index in [1.807, 2.05) is 36.4 Å². The molecular weight excluding hydrogens is 352 g/mol. The molecular formula is C23H22N2O3. The Morgan fingerprint density at radius 2 is 1.46 bits per heavy atom. The third-order valence-corrected chi connectivity index (χ3v) is 4.53. The molecule has 0 atom stereocenters. The lowest BCUT2D eigenvalue weighted by molar-refractivity contribution is 0.0696. The van der Waals surface area contributed by atoms with E-state index in [-0.39, 0.29) is 23.1 Å². The number of rotatable bonds is 8. The number of amides is 1. The molecule has 1 amide bonds. The molecule has 0 unspecified atom stereocenters. The van der Waals surface area contributed by atoms with Crippen LogP contribution < -0.4 is 5.32 Å². The van der Waals surface area contributed by atoms with Crippen molar-refractivity contribution in [3.05, 3.63) is 101 Å². The molecule has 2 aromatic carbocycles. The van der Waals surface area contributed by atoms with E-state index in [1.165, 1.54) is 29.5 Å². The second-order valence-corrected chi connectivity index (χ2v) is 6.69. The minimum Gasteiger partial charge on any atom is -0.478 e. The maximum atomic E-state index is 12.5. The Hall–Kier alpha value is -3.47. The van der Waals surface area contributed by atoms with Crippen molar-refractivity contribution in [1.29, 1.82) is 0 Å². The van der Waals surface area contributed by atoms with Crippen LogP contribution in [-0.4, -0.2) is 28.5 Å². The van der Waals surface area contributed by atoms with Gasteiger partial charge in [0.15, 0.2) is 0 Å². The van der Waals surface area contributed by atoms with Gasteiger partial charge in [0.1, 0.15) is 5.69 Å². The summed E-state index contributed by atoms with van der Waals surface area (Å²) in [4.78, 5) is 27.5. The molecule has 0 bridgehead atoms. The summed E-state index contributed by atoms with van der Waals surface area (Å²) in [6.45, 7) is 0.474. The fourth-order valence-corrected chi connectivity index (χ4v) is 3.13. The highest BCUT2D eigenvalue weighted by molar-refractivity contribution is 5.95. The van der Waals surface area contributed by atoms with Crippen molar-refractivity contribution in [2.45, 2.75) is 12.8 Å². The summed E-state index contributed by atoms with van der Waals surface area (Å²) in [6, 6.07) is 23.0. The smallest absolute Gasteiger partial charge is 0.335 e. The summed E-state index contributed by atoms with van der Waals surface area (Å²) in [7, 11) is 0. The number of carbonyl (C=O) groups is 2. The summed E-state index contributed by atoms with van der Waals surface area (Å²) >= 11 is 0. The zero-order valence-electron chi connectivity index (χ0n) is 15.4. The topological polar surface area (TPSA) is 79.3 Å². The lowest BCUT2D eigenvalue weighted by Crippen LogP contribution is -2.32. The lowest BCUT2D eigenvalue weighted by Gasteiger charge is -2.18. The van der Waals surface area contributed by atoms with Gasteiger partial charge in [0.2, 0.25) is 0 Å². The van der Waals surface area contributed by atoms with Crippen LogP contribution in [-0.2, 0) is 12.8 Å². The first kappa shape index (κ1) is 19.3. The number of aromatic nitrogens is 1. The van der Waals surface area contributed by atoms with Crippen molar-refractivity contribution >= 4 is 11.9 Å². The molecule has 3 aromatic rings. The SMILES string of the molecule is O=C(O)c1ccnc(C(=O)NCC(Cc2ccccc2)Cc2ccccc2)c1. The van der Waals surface area contributed by atoms with Crippen LogP contribution >= 0.6 is 0 Å². The molecule has 5 nitrogen and oxygen atoms in total. The van der Waals surface area contributed by atoms with Gasteiger partial charge in [-0.2, -0.15) is 0 Å². The van der Waals surface area contributed by atoms with Gasteiger partial charge in [-0.05, 0) is 42.0 Å². The van der Waals surface area contributed by atoms with E-state index in [0.29, 0.717) is 6.54 Å². The molecule has 1 aromatic heterocycles. The molecule has 5 heteroatoms. The summed E-state index contributed by atoms with van der Waals surface area (Å²) in [5.41, 5.74) is 2.58. The number of benzene rings is 2. The van der Waals surface area contributed by atoms with Gasteiger partial charge in [-0.3, -0.25) is 9.78 Å². The number of hydrogen-bond acceptors (Lipinski definition) is 3. The quantitative estimate of drug-likeness (QED) is 0.631. The first-order valence-corrected chi connectivity index (χ1v) is 9.17. The van der Waals surface area contributed by atoms with E-state index < -0.39 is 5.97 Å². The van der Waals surface area contributed by atoms with Crippen molar-refractivity contribution in [2.24, 2.45) is 5.92 Å².